The van der Waals surface area contributed by atoms with Crippen molar-refractivity contribution in [1.82, 2.24) is 6.15 Å². The van der Waals surface area contributed by atoms with E-state index >= 15 is 0 Å². The Balaban J connectivity index is 0.000000720. The zero-order valence-corrected chi connectivity index (χ0v) is 7.76. The van der Waals surface area contributed by atoms with Crippen molar-refractivity contribution in [2.75, 3.05) is 0 Å². The summed E-state index contributed by atoms with van der Waals surface area (Å²) in [6.07, 6.45) is 11.3. The fourth-order valence-electron chi connectivity index (χ4n) is 3.04. The number of nitrogens with two attached hydrogens (primary N) is 1. The molecule has 0 aromatic carbocycles. The SMILES string of the molecule is NC1CCCC12CCCCC2.[N]. The lowest BCUT2D eigenvalue weighted by Gasteiger charge is -2.37. The highest BCUT2D eigenvalue weighted by Crippen LogP contribution is 2.47. The van der Waals surface area contributed by atoms with E-state index in [1.54, 1.807) is 0 Å². The van der Waals surface area contributed by atoms with Gasteiger partial charge in [0, 0.05) is 12.2 Å². The molecule has 0 saturated heterocycles. The Morgan fingerprint density at radius 2 is 1.50 bits per heavy atom. The first-order valence-electron chi connectivity index (χ1n) is 5.09. The molecule has 0 aromatic heterocycles. The summed E-state index contributed by atoms with van der Waals surface area (Å²) in [7, 11) is 0. The second kappa shape index (κ2) is 3.75. The molecule has 0 amide bonds. The monoisotopic (exact) mass is 167 g/mol. The van der Waals surface area contributed by atoms with Crippen molar-refractivity contribution in [3.8, 4) is 0 Å². The summed E-state index contributed by atoms with van der Waals surface area (Å²) in [4.78, 5) is 0. The molecule has 2 N–H and O–H groups in total. The topological polar surface area (TPSA) is 56.5 Å². The van der Waals surface area contributed by atoms with Gasteiger partial charge in [-0.3, -0.25) is 0 Å². The average molecular weight is 167 g/mol. The normalized spacial score (nSPS) is 33.2. The molecule has 12 heavy (non-hydrogen) atoms. The van der Waals surface area contributed by atoms with Gasteiger partial charge in [0.05, 0.1) is 0 Å². The molecule has 2 nitrogen and oxygen atoms in total. The van der Waals surface area contributed by atoms with Gasteiger partial charge in [0.25, 0.3) is 0 Å². The van der Waals surface area contributed by atoms with Crippen LogP contribution in [0.2, 0.25) is 0 Å². The molecule has 2 fully saturated rings. The summed E-state index contributed by atoms with van der Waals surface area (Å²) in [5.74, 6) is 0. The van der Waals surface area contributed by atoms with Crippen LogP contribution in [0.25, 0.3) is 0 Å². The Morgan fingerprint density at radius 3 is 2.00 bits per heavy atom. The molecular weight excluding hydrogens is 148 g/mol. The molecule has 69 valence electrons. The Kier molecular flexibility index (Phi) is 3.13. The largest absolute Gasteiger partial charge is 0.327 e. The Labute approximate surface area is 75.5 Å². The van der Waals surface area contributed by atoms with Crippen molar-refractivity contribution in [2.45, 2.75) is 57.4 Å². The van der Waals surface area contributed by atoms with Gasteiger partial charge in [-0.05, 0) is 31.1 Å². The summed E-state index contributed by atoms with van der Waals surface area (Å²) >= 11 is 0. The van der Waals surface area contributed by atoms with Crippen LogP contribution >= 0.6 is 0 Å². The molecule has 2 heteroatoms. The molecule has 0 bridgehead atoms. The maximum absolute atomic E-state index is 6.14. The minimum Gasteiger partial charge on any atom is -0.327 e. The van der Waals surface area contributed by atoms with Crippen LogP contribution in [0, 0.1) is 5.41 Å². The lowest BCUT2D eigenvalue weighted by Crippen LogP contribution is -2.38. The highest BCUT2D eigenvalue weighted by atomic mass is 14.7. The maximum atomic E-state index is 6.14. The van der Waals surface area contributed by atoms with Gasteiger partial charge in [0.15, 0.2) is 0 Å². The van der Waals surface area contributed by atoms with E-state index < -0.39 is 0 Å². The van der Waals surface area contributed by atoms with Crippen molar-refractivity contribution >= 4 is 0 Å². The molecule has 2 aliphatic rings. The summed E-state index contributed by atoms with van der Waals surface area (Å²) in [6, 6.07) is 0.544. The fraction of sp³-hybridized carbons (Fsp3) is 1.00. The van der Waals surface area contributed by atoms with Crippen LogP contribution in [0.1, 0.15) is 51.4 Å². The first kappa shape index (κ1) is 10.0. The van der Waals surface area contributed by atoms with Crippen LogP contribution < -0.4 is 11.9 Å². The van der Waals surface area contributed by atoms with Crippen LogP contribution in [0.5, 0.6) is 0 Å². The highest BCUT2D eigenvalue weighted by molar-refractivity contribution is 4.95. The molecule has 1 atom stereocenters. The lowest BCUT2D eigenvalue weighted by atomic mass is 9.71. The van der Waals surface area contributed by atoms with Gasteiger partial charge >= 0.3 is 0 Å². The van der Waals surface area contributed by atoms with E-state index in [4.69, 9.17) is 5.73 Å². The van der Waals surface area contributed by atoms with E-state index in [1.165, 1.54) is 51.4 Å². The fourth-order valence-corrected chi connectivity index (χ4v) is 3.04. The molecule has 0 aromatic rings. The van der Waals surface area contributed by atoms with Gasteiger partial charge < -0.3 is 5.73 Å². The van der Waals surface area contributed by atoms with Crippen molar-refractivity contribution in [3.63, 3.8) is 0 Å². The van der Waals surface area contributed by atoms with Crippen molar-refractivity contribution < 1.29 is 0 Å². The molecule has 3 radical (unpaired) electrons. The standard InChI is InChI=1S/C10H19N.N/c11-9-5-4-8-10(9)6-2-1-3-7-10;/h9H,1-8,11H2;. The van der Waals surface area contributed by atoms with Gasteiger partial charge in [-0.1, -0.05) is 25.7 Å². The smallest absolute Gasteiger partial charge is 0.00955 e. The predicted octanol–water partition coefficient (Wildman–Crippen LogP) is 1.97. The van der Waals surface area contributed by atoms with E-state index in [1.807, 2.05) is 0 Å². The van der Waals surface area contributed by atoms with Gasteiger partial charge in [-0.15, -0.1) is 0 Å². The quantitative estimate of drug-likeness (QED) is 0.589. The van der Waals surface area contributed by atoms with Crippen molar-refractivity contribution in [1.29, 1.82) is 0 Å². The average Bonchev–Trinajstić information content (AvgIpc) is 2.36. The third kappa shape index (κ3) is 1.50. The van der Waals surface area contributed by atoms with Crippen LogP contribution in [0.4, 0.5) is 0 Å². The Hall–Kier alpha value is -0.0800. The molecule has 2 saturated carbocycles. The zero-order chi connectivity index (χ0) is 7.73. The van der Waals surface area contributed by atoms with E-state index in [0.29, 0.717) is 11.5 Å². The Bertz CT molecular complexity index is 139. The van der Waals surface area contributed by atoms with Gasteiger partial charge in [-0.25, -0.2) is 0 Å². The van der Waals surface area contributed by atoms with Crippen LogP contribution in [-0.2, 0) is 0 Å². The number of rotatable bonds is 0. The second-order valence-electron chi connectivity index (χ2n) is 4.42. The number of hydrogen-bond donors (Lipinski definition) is 1. The Morgan fingerprint density at radius 1 is 0.917 bits per heavy atom. The highest BCUT2D eigenvalue weighted by Gasteiger charge is 2.40. The number of hydrogen-bond acceptors (Lipinski definition) is 1. The van der Waals surface area contributed by atoms with E-state index in [0.717, 1.165) is 0 Å². The minimum atomic E-state index is 0. The van der Waals surface area contributed by atoms with Crippen LogP contribution in [0.15, 0.2) is 0 Å². The second-order valence-corrected chi connectivity index (χ2v) is 4.42. The predicted molar refractivity (Wildman–Crippen MR) is 49.5 cm³/mol. The number of nitrogens with zero attached hydrogens (tertiary/aromatic N) is 1. The van der Waals surface area contributed by atoms with Crippen LogP contribution in [-0.4, -0.2) is 6.04 Å². The third-order valence-electron chi connectivity index (χ3n) is 3.83. The minimum absolute atomic E-state index is 0. The van der Waals surface area contributed by atoms with Gasteiger partial charge in [-0.2, -0.15) is 0 Å². The molecule has 1 unspecified atom stereocenters. The molecule has 1 spiro atoms. The summed E-state index contributed by atoms with van der Waals surface area (Å²) < 4.78 is 0. The van der Waals surface area contributed by atoms with E-state index in [9.17, 15) is 0 Å². The first-order valence-corrected chi connectivity index (χ1v) is 5.09. The third-order valence-corrected chi connectivity index (χ3v) is 3.83. The summed E-state index contributed by atoms with van der Waals surface area (Å²) in [5, 5.41) is 0. The van der Waals surface area contributed by atoms with Gasteiger partial charge in [0.1, 0.15) is 0 Å². The van der Waals surface area contributed by atoms with Gasteiger partial charge in [0.2, 0.25) is 0 Å². The molecule has 0 heterocycles. The van der Waals surface area contributed by atoms with E-state index in [-0.39, 0.29) is 6.15 Å². The van der Waals surface area contributed by atoms with Crippen LogP contribution in [0.3, 0.4) is 0 Å². The summed E-state index contributed by atoms with van der Waals surface area (Å²) in [5.41, 5.74) is 6.75. The first-order chi connectivity index (χ1) is 5.33. The molecule has 0 aliphatic heterocycles. The van der Waals surface area contributed by atoms with Crippen molar-refractivity contribution in [2.24, 2.45) is 11.1 Å². The summed E-state index contributed by atoms with van der Waals surface area (Å²) in [6.45, 7) is 0. The molecule has 2 rings (SSSR count). The zero-order valence-electron chi connectivity index (χ0n) is 7.76. The molecular formula is C10H19N2. The van der Waals surface area contributed by atoms with E-state index in [2.05, 4.69) is 0 Å². The maximum Gasteiger partial charge on any atom is 0.00955 e. The van der Waals surface area contributed by atoms with Crippen molar-refractivity contribution in [3.05, 3.63) is 0 Å². The molecule has 2 aliphatic carbocycles. The lowest BCUT2D eigenvalue weighted by molar-refractivity contribution is 0.172.